The van der Waals surface area contributed by atoms with E-state index in [2.05, 4.69) is 0 Å². The molecule has 1 saturated heterocycles. The summed E-state index contributed by atoms with van der Waals surface area (Å²) in [5.74, 6) is 0.241. The van der Waals surface area contributed by atoms with Gasteiger partial charge in [-0.2, -0.15) is 0 Å². The smallest absolute Gasteiger partial charge is 0.282 e. The molecule has 0 saturated carbocycles. The molecule has 1 amide bonds. The van der Waals surface area contributed by atoms with E-state index < -0.39 is 4.92 Å². The van der Waals surface area contributed by atoms with E-state index in [1.54, 1.807) is 17.0 Å². The highest BCUT2D eigenvalue weighted by Crippen LogP contribution is 2.27. The molecule has 6 heteroatoms. The Bertz CT molecular complexity index is 546. The Kier molecular flexibility index (Phi) is 5.17. The third kappa shape index (κ3) is 3.53. The first-order chi connectivity index (χ1) is 10.0. The summed E-state index contributed by atoms with van der Waals surface area (Å²) in [6.45, 7) is 2.47. The number of benzene rings is 1. The zero-order valence-corrected chi connectivity index (χ0v) is 12.8. The highest BCUT2D eigenvalue weighted by atomic mass is 35.5. The van der Waals surface area contributed by atoms with Crippen molar-refractivity contribution in [1.29, 1.82) is 0 Å². The van der Waals surface area contributed by atoms with Gasteiger partial charge in [-0.05, 0) is 44.2 Å². The number of likely N-dealkylation sites (tertiary alicyclic amines) is 1. The molecule has 1 heterocycles. The quantitative estimate of drug-likeness (QED) is 0.485. The van der Waals surface area contributed by atoms with Crippen molar-refractivity contribution in [3.8, 4) is 0 Å². The van der Waals surface area contributed by atoms with Crippen LogP contribution in [0, 0.1) is 17.0 Å². The van der Waals surface area contributed by atoms with E-state index in [1.807, 2.05) is 6.92 Å². The molecule has 1 aliphatic rings. The molecule has 0 N–H and O–H groups in total. The number of aryl methyl sites for hydroxylation is 1. The fourth-order valence-corrected chi connectivity index (χ4v) is 3.08. The van der Waals surface area contributed by atoms with Gasteiger partial charge in [0.2, 0.25) is 0 Å². The average Bonchev–Trinajstić information content (AvgIpc) is 2.47. The molecule has 2 rings (SSSR count). The number of amides is 1. The van der Waals surface area contributed by atoms with Crippen LogP contribution in [0.15, 0.2) is 18.2 Å². The maximum Gasteiger partial charge on any atom is 0.282 e. The first kappa shape index (κ1) is 15.8. The third-order valence-corrected chi connectivity index (χ3v) is 4.13. The molecule has 1 aromatic rings. The third-order valence-electron chi connectivity index (χ3n) is 3.91. The van der Waals surface area contributed by atoms with Gasteiger partial charge in [0.1, 0.15) is 5.56 Å². The van der Waals surface area contributed by atoms with Crippen LogP contribution in [0.1, 0.15) is 41.6 Å². The Hall–Kier alpha value is -1.62. The minimum atomic E-state index is -0.493. The van der Waals surface area contributed by atoms with Crippen molar-refractivity contribution in [3.05, 3.63) is 39.4 Å². The normalized spacial score (nSPS) is 18.6. The number of nitro benzene ring substituents is 1. The minimum absolute atomic E-state index is 0.0869. The second kappa shape index (κ2) is 6.89. The SMILES string of the molecule is Cc1ccc([N+](=O)[O-])c(C(=O)N2CCCCC2CCCl)c1. The first-order valence-corrected chi connectivity index (χ1v) is 7.70. The summed E-state index contributed by atoms with van der Waals surface area (Å²) in [4.78, 5) is 25.1. The Morgan fingerprint density at radius 1 is 1.48 bits per heavy atom. The molecule has 0 spiro atoms. The van der Waals surface area contributed by atoms with Crippen LogP contribution in [-0.4, -0.2) is 34.2 Å². The van der Waals surface area contributed by atoms with Gasteiger partial charge in [0.05, 0.1) is 4.92 Å². The molecular formula is C15H19ClN2O3. The van der Waals surface area contributed by atoms with Crippen molar-refractivity contribution in [1.82, 2.24) is 4.90 Å². The van der Waals surface area contributed by atoms with E-state index in [-0.39, 0.29) is 23.2 Å². The van der Waals surface area contributed by atoms with E-state index in [1.165, 1.54) is 6.07 Å². The van der Waals surface area contributed by atoms with Gasteiger partial charge in [-0.15, -0.1) is 11.6 Å². The number of carbonyl (C=O) groups excluding carboxylic acids is 1. The predicted molar refractivity (Wildman–Crippen MR) is 81.8 cm³/mol. The van der Waals surface area contributed by atoms with E-state index in [0.29, 0.717) is 12.4 Å². The summed E-state index contributed by atoms with van der Waals surface area (Å²) in [7, 11) is 0. The lowest BCUT2D eigenvalue weighted by Gasteiger charge is -2.35. The lowest BCUT2D eigenvalue weighted by molar-refractivity contribution is -0.385. The van der Waals surface area contributed by atoms with Gasteiger partial charge in [-0.1, -0.05) is 6.07 Å². The molecule has 1 fully saturated rings. The molecule has 1 unspecified atom stereocenters. The molecule has 1 aromatic carbocycles. The van der Waals surface area contributed by atoms with Gasteiger partial charge in [0.25, 0.3) is 11.6 Å². The lowest BCUT2D eigenvalue weighted by Crippen LogP contribution is -2.44. The van der Waals surface area contributed by atoms with Crippen molar-refractivity contribution in [2.75, 3.05) is 12.4 Å². The highest BCUT2D eigenvalue weighted by molar-refractivity contribution is 6.17. The van der Waals surface area contributed by atoms with Gasteiger partial charge in [0.15, 0.2) is 0 Å². The van der Waals surface area contributed by atoms with Gasteiger partial charge in [-0.3, -0.25) is 14.9 Å². The summed E-state index contributed by atoms with van der Waals surface area (Å²) in [6, 6.07) is 4.75. The van der Waals surface area contributed by atoms with Crippen molar-refractivity contribution in [2.24, 2.45) is 0 Å². The number of nitro groups is 1. The van der Waals surface area contributed by atoms with Crippen LogP contribution in [0.3, 0.4) is 0 Å². The van der Waals surface area contributed by atoms with Crippen molar-refractivity contribution < 1.29 is 9.72 Å². The van der Waals surface area contributed by atoms with E-state index in [4.69, 9.17) is 11.6 Å². The molecule has 1 atom stereocenters. The van der Waals surface area contributed by atoms with E-state index in [0.717, 1.165) is 31.2 Å². The number of rotatable bonds is 4. The first-order valence-electron chi connectivity index (χ1n) is 7.16. The van der Waals surface area contributed by atoms with Gasteiger partial charge in [0, 0.05) is 24.5 Å². The van der Waals surface area contributed by atoms with Crippen LogP contribution >= 0.6 is 11.6 Å². The Balaban J connectivity index is 2.33. The van der Waals surface area contributed by atoms with Crippen molar-refractivity contribution in [3.63, 3.8) is 0 Å². The minimum Gasteiger partial charge on any atom is -0.335 e. The van der Waals surface area contributed by atoms with Crippen LogP contribution in [0.25, 0.3) is 0 Å². The van der Waals surface area contributed by atoms with Gasteiger partial charge in [-0.25, -0.2) is 0 Å². The number of piperidine rings is 1. The fraction of sp³-hybridized carbons (Fsp3) is 0.533. The zero-order chi connectivity index (χ0) is 15.4. The zero-order valence-electron chi connectivity index (χ0n) is 12.0. The number of nitrogens with zero attached hydrogens (tertiary/aromatic N) is 2. The number of alkyl halides is 1. The Labute approximate surface area is 129 Å². The van der Waals surface area contributed by atoms with Gasteiger partial charge < -0.3 is 4.90 Å². The average molecular weight is 311 g/mol. The summed E-state index contributed by atoms with van der Waals surface area (Å²) in [6.07, 6.45) is 3.65. The summed E-state index contributed by atoms with van der Waals surface area (Å²) >= 11 is 5.81. The molecule has 5 nitrogen and oxygen atoms in total. The lowest BCUT2D eigenvalue weighted by atomic mass is 9.98. The van der Waals surface area contributed by atoms with E-state index >= 15 is 0 Å². The molecule has 0 aliphatic carbocycles. The maximum atomic E-state index is 12.7. The standard InChI is InChI=1S/C15H19ClN2O3/c1-11-5-6-14(18(20)21)13(10-11)15(19)17-9-3-2-4-12(17)7-8-16/h5-6,10,12H,2-4,7-9H2,1H3. The second-order valence-corrected chi connectivity index (χ2v) is 5.78. The fourth-order valence-electron chi connectivity index (χ4n) is 2.83. The Morgan fingerprint density at radius 3 is 2.90 bits per heavy atom. The van der Waals surface area contributed by atoms with Crippen LogP contribution in [0.4, 0.5) is 5.69 Å². The molecule has 0 radical (unpaired) electrons. The van der Waals surface area contributed by atoms with Gasteiger partial charge >= 0.3 is 0 Å². The van der Waals surface area contributed by atoms with Crippen LogP contribution in [-0.2, 0) is 0 Å². The predicted octanol–water partition coefficient (Wildman–Crippen LogP) is 3.53. The molecule has 114 valence electrons. The van der Waals surface area contributed by atoms with Crippen LogP contribution in [0.5, 0.6) is 0 Å². The highest BCUT2D eigenvalue weighted by Gasteiger charge is 2.30. The topological polar surface area (TPSA) is 63.5 Å². The summed E-state index contributed by atoms with van der Waals surface area (Å²) in [5, 5.41) is 11.1. The van der Waals surface area contributed by atoms with Crippen LogP contribution in [0.2, 0.25) is 0 Å². The number of hydrogen-bond acceptors (Lipinski definition) is 3. The number of carbonyl (C=O) groups is 1. The van der Waals surface area contributed by atoms with Crippen LogP contribution < -0.4 is 0 Å². The summed E-state index contributed by atoms with van der Waals surface area (Å²) in [5.41, 5.74) is 0.900. The molecule has 1 aliphatic heterocycles. The Morgan fingerprint density at radius 2 is 2.24 bits per heavy atom. The summed E-state index contributed by atoms with van der Waals surface area (Å²) < 4.78 is 0. The molecule has 0 bridgehead atoms. The van der Waals surface area contributed by atoms with E-state index in [9.17, 15) is 14.9 Å². The number of halogens is 1. The second-order valence-electron chi connectivity index (χ2n) is 5.40. The molecule has 21 heavy (non-hydrogen) atoms. The van der Waals surface area contributed by atoms with Crippen molar-refractivity contribution >= 4 is 23.2 Å². The van der Waals surface area contributed by atoms with Crippen molar-refractivity contribution in [2.45, 2.75) is 38.6 Å². The monoisotopic (exact) mass is 310 g/mol. The molecule has 0 aromatic heterocycles. The molecular weight excluding hydrogens is 292 g/mol. The maximum absolute atomic E-state index is 12.7. The number of hydrogen-bond donors (Lipinski definition) is 0. The largest absolute Gasteiger partial charge is 0.335 e.